The highest BCUT2D eigenvalue weighted by atomic mass is 35.5. The fourth-order valence-electron chi connectivity index (χ4n) is 3.83. The summed E-state index contributed by atoms with van der Waals surface area (Å²) in [7, 11) is 1.58. The number of hydrogen-bond acceptors (Lipinski definition) is 5. The van der Waals surface area contributed by atoms with Gasteiger partial charge in [-0.15, -0.1) is 12.4 Å². The summed E-state index contributed by atoms with van der Waals surface area (Å²) in [5.74, 6) is 0.697. The Morgan fingerprint density at radius 1 is 1.18 bits per heavy atom. The van der Waals surface area contributed by atoms with Crippen molar-refractivity contribution in [3.63, 3.8) is 0 Å². The van der Waals surface area contributed by atoms with Crippen LogP contribution in [0.15, 0.2) is 24.3 Å². The summed E-state index contributed by atoms with van der Waals surface area (Å²) < 4.78 is 10.6. The summed E-state index contributed by atoms with van der Waals surface area (Å²) in [6, 6.07) is 6.89. The fraction of sp³-hybridized carbons (Fsp3) is 0.600. The summed E-state index contributed by atoms with van der Waals surface area (Å²) in [5, 5.41) is 2.94. The van der Waals surface area contributed by atoms with Crippen LogP contribution in [-0.4, -0.2) is 56.2 Å². The Hall–Kier alpha value is -1.83. The zero-order valence-corrected chi connectivity index (χ0v) is 17.1. The Kier molecular flexibility index (Phi) is 8.54. The van der Waals surface area contributed by atoms with Crippen molar-refractivity contribution in [2.24, 2.45) is 17.6 Å². The highest BCUT2D eigenvalue weighted by molar-refractivity contribution is 5.94. The predicted molar refractivity (Wildman–Crippen MR) is 110 cm³/mol. The van der Waals surface area contributed by atoms with Gasteiger partial charge in [-0.25, -0.2) is 0 Å². The zero-order valence-electron chi connectivity index (χ0n) is 16.3. The number of carbonyl (C=O) groups excluding carboxylic acids is 2. The minimum atomic E-state index is -0.465. The first kappa shape index (κ1) is 22.5. The summed E-state index contributed by atoms with van der Waals surface area (Å²) in [5.41, 5.74) is 6.88. The molecule has 1 aromatic rings. The molecular formula is C20H30ClN3O4. The van der Waals surface area contributed by atoms with Crippen LogP contribution in [0.4, 0.5) is 5.69 Å². The van der Waals surface area contributed by atoms with Gasteiger partial charge in [-0.2, -0.15) is 0 Å². The van der Waals surface area contributed by atoms with Gasteiger partial charge in [0.25, 0.3) is 0 Å². The lowest BCUT2D eigenvalue weighted by molar-refractivity contribution is -0.137. The molecule has 0 aromatic heterocycles. The van der Waals surface area contributed by atoms with Crippen LogP contribution in [-0.2, 0) is 14.3 Å². The van der Waals surface area contributed by atoms with Gasteiger partial charge in [-0.05, 0) is 43.7 Å². The molecule has 28 heavy (non-hydrogen) atoms. The molecular weight excluding hydrogens is 382 g/mol. The molecule has 156 valence electrons. The second kappa shape index (κ2) is 10.6. The number of anilines is 1. The second-order valence-electron chi connectivity index (χ2n) is 7.26. The Labute approximate surface area is 172 Å². The third-order valence-electron chi connectivity index (χ3n) is 5.60. The lowest BCUT2D eigenvalue weighted by atomic mass is 9.90. The molecule has 1 unspecified atom stereocenters. The number of carbonyl (C=O) groups is 2. The van der Waals surface area contributed by atoms with Crippen molar-refractivity contribution in [1.82, 2.24) is 4.90 Å². The summed E-state index contributed by atoms with van der Waals surface area (Å²) >= 11 is 0. The van der Waals surface area contributed by atoms with Crippen LogP contribution in [0.2, 0.25) is 0 Å². The van der Waals surface area contributed by atoms with Gasteiger partial charge in [0.15, 0.2) is 0 Å². The van der Waals surface area contributed by atoms with Crippen molar-refractivity contribution in [3.05, 3.63) is 24.3 Å². The van der Waals surface area contributed by atoms with Gasteiger partial charge in [0.2, 0.25) is 11.8 Å². The van der Waals surface area contributed by atoms with Crippen molar-refractivity contribution in [1.29, 1.82) is 0 Å². The first-order valence-electron chi connectivity index (χ1n) is 9.66. The SMILES string of the molecule is COc1ccccc1NC(=O)C1CCN(C(=O)C(N)C2CCOCC2)CC1.Cl. The third-order valence-corrected chi connectivity index (χ3v) is 5.60. The number of para-hydroxylation sites is 2. The molecule has 1 atom stereocenters. The minimum absolute atomic E-state index is 0. The Morgan fingerprint density at radius 3 is 2.46 bits per heavy atom. The molecule has 0 radical (unpaired) electrons. The van der Waals surface area contributed by atoms with E-state index in [0.29, 0.717) is 50.6 Å². The number of halogens is 1. The second-order valence-corrected chi connectivity index (χ2v) is 7.26. The molecule has 8 heteroatoms. The van der Waals surface area contributed by atoms with Crippen LogP contribution >= 0.6 is 12.4 Å². The van der Waals surface area contributed by atoms with E-state index < -0.39 is 6.04 Å². The van der Waals surface area contributed by atoms with E-state index in [-0.39, 0.29) is 36.1 Å². The molecule has 0 saturated carbocycles. The smallest absolute Gasteiger partial charge is 0.239 e. The number of nitrogens with zero attached hydrogens (tertiary/aromatic N) is 1. The largest absolute Gasteiger partial charge is 0.495 e. The van der Waals surface area contributed by atoms with Crippen LogP contribution in [0.25, 0.3) is 0 Å². The van der Waals surface area contributed by atoms with Gasteiger partial charge in [-0.1, -0.05) is 12.1 Å². The molecule has 3 rings (SSSR count). The average molecular weight is 412 g/mol. The number of benzene rings is 1. The number of nitrogens with two attached hydrogens (primary N) is 1. The Bertz CT molecular complexity index is 659. The van der Waals surface area contributed by atoms with Crippen molar-refractivity contribution in [2.45, 2.75) is 31.7 Å². The van der Waals surface area contributed by atoms with E-state index in [4.69, 9.17) is 15.2 Å². The highest BCUT2D eigenvalue weighted by Crippen LogP contribution is 2.26. The summed E-state index contributed by atoms with van der Waals surface area (Å²) in [6.45, 7) is 2.49. The topological polar surface area (TPSA) is 93.9 Å². The van der Waals surface area contributed by atoms with Gasteiger partial charge in [0.05, 0.1) is 18.8 Å². The molecule has 0 aliphatic carbocycles. The fourth-order valence-corrected chi connectivity index (χ4v) is 3.83. The maximum atomic E-state index is 12.7. The quantitative estimate of drug-likeness (QED) is 0.773. The molecule has 0 spiro atoms. The number of piperidine rings is 1. The van der Waals surface area contributed by atoms with Crippen LogP contribution in [0, 0.1) is 11.8 Å². The molecule has 2 heterocycles. The monoisotopic (exact) mass is 411 g/mol. The maximum absolute atomic E-state index is 12.7. The molecule has 1 aromatic carbocycles. The maximum Gasteiger partial charge on any atom is 0.239 e. The molecule has 2 aliphatic heterocycles. The summed E-state index contributed by atoms with van der Waals surface area (Å²) in [6.07, 6.45) is 2.97. The molecule has 2 fully saturated rings. The number of hydrogen-bond donors (Lipinski definition) is 2. The van der Waals surface area contributed by atoms with Crippen LogP contribution in [0.5, 0.6) is 5.75 Å². The molecule has 2 aliphatic rings. The van der Waals surface area contributed by atoms with E-state index in [1.54, 1.807) is 7.11 Å². The number of ether oxygens (including phenoxy) is 2. The van der Waals surface area contributed by atoms with Gasteiger partial charge >= 0.3 is 0 Å². The van der Waals surface area contributed by atoms with E-state index in [9.17, 15) is 9.59 Å². The average Bonchev–Trinajstić information content (AvgIpc) is 2.73. The number of likely N-dealkylation sites (tertiary alicyclic amines) is 1. The lowest BCUT2D eigenvalue weighted by Gasteiger charge is -2.35. The normalized spacial score (nSPS) is 19.4. The number of methoxy groups -OCH3 is 1. The van der Waals surface area contributed by atoms with Crippen molar-refractivity contribution in [2.75, 3.05) is 38.7 Å². The number of amides is 2. The molecule has 2 saturated heterocycles. The van der Waals surface area contributed by atoms with Crippen LogP contribution in [0.1, 0.15) is 25.7 Å². The van der Waals surface area contributed by atoms with E-state index in [1.807, 2.05) is 29.2 Å². The van der Waals surface area contributed by atoms with Gasteiger partial charge in [0.1, 0.15) is 5.75 Å². The minimum Gasteiger partial charge on any atom is -0.495 e. The molecule has 7 nitrogen and oxygen atoms in total. The molecule has 0 bridgehead atoms. The lowest BCUT2D eigenvalue weighted by Crippen LogP contribution is -2.51. The summed E-state index contributed by atoms with van der Waals surface area (Å²) in [4.78, 5) is 27.1. The molecule has 2 amide bonds. The Balaban J connectivity index is 0.00000280. The number of nitrogens with one attached hydrogen (secondary N) is 1. The van der Waals surface area contributed by atoms with Crippen molar-refractivity contribution < 1.29 is 19.1 Å². The molecule has 3 N–H and O–H groups in total. The van der Waals surface area contributed by atoms with Gasteiger partial charge in [-0.3, -0.25) is 9.59 Å². The van der Waals surface area contributed by atoms with E-state index in [0.717, 1.165) is 12.8 Å². The van der Waals surface area contributed by atoms with Crippen molar-refractivity contribution >= 4 is 29.9 Å². The van der Waals surface area contributed by atoms with Gasteiger partial charge in [0, 0.05) is 32.2 Å². The first-order valence-corrected chi connectivity index (χ1v) is 9.66. The van der Waals surface area contributed by atoms with Gasteiger partial charge < -0.3 is 25.4 Å². The van der Waals surface area contributed by atoms with E-state index in [1.165, 1.54) is 0 Å². The Morgan fingerprint density at radius 2 is 1.82 bits per heavy atom. The highest BCUT2D eigenvalue weighted by Gasteiger charge is 2.33. The van der Waals surface area contributed by atoms with Crippen LogP contribution < -0.4 is 15.8 Å². The number of rotatable bonds is 5. The van der Waals surface area contributed by atoms with Crippen molar-refractivity contribution in [3.8, 4) is 5.75 Å². The standard InChI is InChI=1S/C20H29N3O4.ClH/c1-26-17-5-3-2-4-16(17)22-19(24)15-6-10-23(11-7-15)20(25)18(21)14-8-12-27-13-9-14;/h2-5,14-15,18H,6-13,21H2,1H3,(H,22,24);1H. The first-order chi connectivity index (χ1) is 13.1. The van der Waals surface area contributed by atoms with Crippen LogP contribution in [0.3, 0.4) is 0 Å². The van der Waals surface area contributed by atoms with E-state index in [2.05, 4.69) is 5.32 Å². The zero-order chi connectivity index (χ0) is 19.2. The predicted octanol–water partition coefficient (Wildman–Crippen LogP) is 2.05. The third kappa shape index (κ3) is 5.37. The van der Waals surface area contributed by atoms with E-state index >= 15 is 0 Å².